The number of allylic oxidation sites excluding steroid dienone is 2. The summed E-state index contributed by atoms with van der Waals surface area (Å²) in [4.78, 5) is 11.0. The minimum atomic E-state index is -0.724. The lowest BCUT2D eigenvalue weighted by molar-refractivity contribution is -0.309. The maximum Gasteiger partial charge on any atom is 0.244 e. The van der Waals surface area contributed by atoms with Crippen LogP contribution in [-0.4, -0.2) is 46.3 Å². The molecule has 9 atom stereocenters. The van der Waals surface area contributed by atoms with Gasteiger partial charge in [-0.15, -0.1) is 0 Å². The molecule has 2 saturated heterocycles. The number of nitrogens with two attached hydrogens (primary N) is 1. The van der Waals surface area contributed by atoms with Crippen molar-refractivity contribution in [2.45, 2.75) is 84.6 Å². The third kappa shape index (κ3) is 5.03. The summed E-state index contributed by atoms with van der Waals surface area (Å²) in [6, 6.07) is 0. The van der Waals surface area contributed by atoms with Crippen molar-refractivity contribution in [3.63, 3.8) is 0 Å². The number of amides is 1. The maximum atomic E-state index is 11.0. The summed E-state index contributed by atoms with van der Waals surface area (Å²) in [5, 5.41) is 21.7. The van der Waals surface area contributed by atoms with Gasteiger partial charge in [0.25, 0.3) is 0 Å². The van der Waals surface area contributed by atoms with E-state index >= 15 is 0 Å². The van der Waals surface area contributed by atoms with Crippen molar-refractivity contribution in [2.75, 3.05) is 0 Å². The summed E-state index contributed by atoms with van der Waals surface area (Å²) >= 11 is 0. The van der Waals surface area contributed by atoms with E-state index in [-0.39, 0.29) is 35.9 Å². The largest absolute Gasteiger partial charge is 0.392 e. The van der Waals surface area contributed by atoms with Crippen LogP contribution in [0.15, 0.2) is 23.8 Å². The molecule has 0 aromatic heterocycles. The van der Waals surface area contributed by atoms with Gasteiger partial charge in [0.2, 0.25) is 5.91 Å². The summed E-state index contributed by atoms with van der Waals surface area (Å²) in [5.74, 6) is -1.47. The molecule has 2 fully saturated rings. The first-order chi connectivity index (χ1) is 13.0. The molecule has 0 aromatic rings. The van der Waals surface area contributed by atoms with Gasteiger partial charge in [0, 0.05) is 35.7 Å². The van der Waals surface area contributed by atoms with Crippen LogP contribution in [-0.2, 0) is 14.3 Å². The van der Waals surface area contributed by atoms with E-state index in [4.69, 9.17) is 15.2 Å². The molecule has 0 spiro atoms. The van der Waals surface area contributed by atoms with E-state index in [0.29, 0.717) is 5.57 Å². The first-order valence-electron chi connectivity index (χ1n) is 10.3. The van der Waals surface area contributed by atoms with Gasteiger partial charge in [-0.3, -0.25) is 4.79 Å². The van der Waals surface area contributed by atoms with Gasteiger partial charge in [0.1, 0.15) is 0 Å². The van der Waals surface area contributed by atoms with Crippen molar-refractivity contribution in [1.29, 1.82) is 0 Å². The van der Waals surface area contributed by atoms with E-state index in [1.165, 1.54) is 0 Å². The Morgan fingerprint density at radius 3 is 2.46 bits per heavy atom. The summed E-state index contributed by atoms with van der Waals surface area (Å²) in [6.45, 7) is 11.5. The lowest BCUT2D eigenvalue weighted by atomic mass is 9.78. The molecule has 2 rings (SSSR count). The van der Waals surface area contributed by atoms with Crippen molar-refractivity contribution in [1.82, 2.24) is 0 Å². The van der Waals surface area contributed by atoms with Crippen LogP contribution < -0.4 is 5.73 Å². The molecule has 6 heteroatoms. The Balaban J connectivity index is 2.00. The number of primary amides is 1. The molecule has 160 valence electrons. The molecule has 2 heterocycles. The molecule has 28 heavy (non-hydrogen) atoms. The van der Waals surface area contributed by atoms with Gasteiger partial charge >= 0.3 is 0 Å². The summed E-state index contributed by atoms with van der Waals surface area (Å²) in [6.07, 6.45) is 5.65. The van der Waals surface area contributed by atoms with Gasteiger partial charge in [-0.1, -0.05) is 45.9 Å². The third-order valence-electron chi connectivity index (χ3n) is 6.60. The minimum absolute atomic E-state index is 0.108. The summed E-state index contributed by atoms with van der Waals surface area (Å²) < 4.78 is 12.2. The predicted molar refractivity (Wildman–Crippen MR) is 108 cm³/mol. The first-order valence-corrected chi connectivity index (χ1v) is 10.3. The number of aliphatic hydroxyl groups excluding tert-OH is 2. The molecule has 0 radical (unpaired) electrons. The van der Waals surface area contributed by atoms with Crippen molar-refractivity contribution in [2.24, 2.45) is 29.4 Å². The first kappa shape index (κ1) is 23.1. The Morgan fingerprint density at radius 2 is 1.86 bits per heavy atom. The van der Waals surface area contributed by atoms with E-state index in [1.807, 2.05) is 33.8 Å². The quantitative estimate of drug-likeness (QED) is 0.433. The Bertz CT molecular complexity index is 618. The monoisotopic (exact) mass is 395 g/mol. The normalized spacial score (nSPS) is 36.1. The second-order valence-corrected chi connectivity index (χ2v) is 8.93. The fourth-order valence-corrected chi connectivity index (χ4v) is 4.42. The van der Waals surface area contributed by atoms with Crippen LogP contribution in [0.4, 0.5) is 0 Å². The van der Waals surface area contributed by atoms with Gasteiger partial charge in [0.15, 0.2) is 5.79 Å². The van der Waals surface area contributed by atoms with Crippen LogP contribution in [0.3, 0.4) is 0 Å². The number of rotatable bonds is 8. The number of carbonyl (C=O) groups excluding carboxylic acids is 1. The lowest BCUT2D eigenvalue weighted by Gasteiger charge is -2.45. The molecular weight excluding hydrogens is 358 g/mol. The molecule has 1 amide bonds. The topological polar surface area (TPSA) is 102 Å². The summed E-state index contributed by atoms with van der Waals surface area (Å²) in [5.41, 5.74) is 5.66. The highest BCUT2D eigenvalue weighted by atomic mass is 16.7. The SMILES string of the molecule is C/C(=C/C=C/[C@H](C)[C@H](O)[C@@H](C)[C@@H](O)[C@@H](C)[C@@H]1O[C@@]2(C)CC[C@@H](O2)[C@H]1C)C(N)=O. The second kappa shape index (κ2) is 9.08. The number of hydrogen-bond donors (Lipinski definition) is 3. The van der Waals surface area contributed by atoms with Crippen molar-refractivity contribution in [3.8, 4) is 0 Å². The lowest BCUT2D eigenvalue weighted by Crippen LogP contribution is -2.52. The molecule has 0 aliphatic carbocycles. The van der Waals surface area contributed by atoms with Crippen LogP contribution in [0.2, 0.25) is 0 Å². The highest BCUT2D eigenvalue weighted by molar-refractivity contribution is 5.91. The van der Waals surface area contributed by atoms with Gasteiger partial charge in [-0.05, 0) is 20.3 Å². The van der Waals surface area contributed by atoms with Crippen LogP contribution in [0.5, 0.6) is 0 Å². The van der Waals surface area contributed by atoms with Crippen molar-refractivity contribution in [3.05, 3.63) is 23.8 Å². The molecule has 0 unspecified atom stereocenters. The number of carbonyl (C=O) groups is 1. The zero-order chi connectivity index (χ0) is 21.2. The maximum absolute atomic E-state index is 11.0. The third-order valence-corrected chi connectivity index (χ3v) is 6.60. The average molecular weight is 396 g/mol. The van der Waals surface area contributed by atoms with E-state index < -0.39 is 23.9 Å². The number of fused-ring (bicyclic) bond motifs is 2. The minimum Gasteiger partial charge on any atom is -0.392 e. The Hall–Kier alpha value is -1.21. The van der Waals surface area contributed by atoms with E-state index in [0.717, 1.165) is 12.8 Å². The Morgan fingerprint density at radius 1 is 1.21 bits per heavy atom. The number of hydrogen-bond acceptors (Lipinski definition) is 5. The van der Waals surface area contributed by atoms with E-state index in [2.05, 4.69) is 6.92 Å². The van der Waals surface area contributed by atoms with Crippen LogP contribution >= 0.6 is 0 Å². The molecule has 0 aromatic carbocycles. The molecule has 4 N–H and O–H groups in total. The smallest absolute Gasteiger partial charge is 0.244 e. The number of aliphatic hydroxyl groups is 2. The molecule has 0 saturated carbocycles. The highest BCUT2D eigenvalue weighted by Gasteiger charge is 2.51. The summed E-state index contributed by atoms with van der Waals surface area (Å²) in [7, 11) is 0. The standard InChI is InChI=1S/C22H37NO5/c1-12(8-7-9-13(2)21(23)26)18(24)15(4)19(25)16(5)20-14(3)17-10-11-22(6,27-17)28-20/h7-9,12,14-20,24-25H,10-11H2,1-6H3,(H2,23,26)/b8-7+,13-9-/t12-,14+,15+,16+,17+,18-,19+,20+,22-/m0/s1. The van der Waals surface area contributed by atoms with Crippen LogP contribution in [0.1, 0.15) is 54.4 Å². The highest BCUT2D eigenvalue weighted by Crippen LogP contribution is 2.45. The van der Waals surface area contributed by atoms with Gasteiger partial charge in [-0.2, -0.15) is 0 Å². The van der Waals surface area contributed by atoms with Crippen molar-refractivity contribution < 1.29 is 24.5 Å². The van der Waals surface area contributed by atoms with E-state index in [1.54, 1.807) is 19.1 Å². The van der Waals surface area contributed by atoms with Gasteiger partial charge in [-0.25, -0.2) is 0 Å². The molecule has 6 nitrogen and oxygen atoms in total. The fourth-order valence-electron chi connectivity index (χ4n) is 4.42. The van der Waals surface area contributed by atoms with Gasteiger partial charge in [0.05, 0.1) is 24.4 Å². The van der Waals surface area contributed by atoms with Gasteiger partial charge < -0.3 is 25.4 Å². The van der Waals surface area contributed by atoms with Crippen LogP contribution in [0, 0.1) is 23.7 Å². The average Bonchev–Trinajstić information content (AvgIpc) is 2.99. The van der Waals surface area contributed by atoms with Crippen LogP contribution in [0.25, 0.3) is 0 Å². The van der Waals surface area contributed by atoms with Crippen molar-refractivity contribution >= 4 is 5.91 Å². The zero-order valence-corrected chi connectivity index (χ0v) is 18.0. The Labute approximate surface area is 168 Å². The number of ether oxygens (including phenoxy) is 2. The second-order valence-electron chi connectivity index (χ2n) is 8.93. The zero-order valence-electron chi connectivity index (χ0n) is 18.0. The predicted octanol–water partition coefficient (Wildman–Crippen LogP) is 2.53. The molecule has 2 aliphatic rings. The Kier molecular flexibility index (Phi) is 7.48. The van der Waals surface area contributed by atoms with E-state index in [9.17, 15) is 15.0 Å². The molecule has 2 aliphatic heterocycles. The molecule has 2 bridgehead atoms. The molecular formula is C22H37NO5. The fraction of sp³-hybridized carbons (Fsp3) is 0.773.